The van der Waals surface area contributed by atoms with E-state index in [1.54, 1.807) is 0 Å². The summed E-state index contributed by atoms with van der Waals surface area (Å²) in [6, 6.07) is 0. The fraction of sp³-hybridized carbons (Fsp3) is 0.857. The maximum Gasteiger partial charge on any atom is 0.472 e. The molecule has 8 nitrogen and oxygen atoms in total. The highest BCUT2D eigenvalue weighted by molar-refractivity contribution is 7.47. The average molecular weight is 840 g/mol. The van der Waals surface area contributed by atoms with E-state index in [4.69, 9.17) is 24.3 Å². The molecule has 0 aliphatic rings. The van der Waals surface area contributed by atoms with Gasteiger partial charge in [0, 0.05) is 19.6 Å². The van der Waals surface area contributed by atoms with Crippen LogP contribution < -0.4 is 5.73 Å². The van der Waals surface area contributed by atoms with Gasteiger partial charge in [-0.15, -0.1) is 0 Å². The summed E-state index contributed by atoms with van der Waals surface area (Å²) in [5.74, 6) is -0.331. The Morgan fingerprint density at radius 2 is 0.914 bits per heavy atom. The first-order valence-corrected chi connectivity index (χ1v) is 26.0. The van der Waals surface area contributed by atoms with Gasteiger partial charge in [-0.1, -0.05) is 192 Å². The summed E-state index contributed by atoms with van der Waals surface area (Å²) in [5, 5.41) is 0. The van der Waals surface area contributed by atoms with Gasteiger partial charge in [-0.2, -0.15) is 0 Å². The number of unbranched alkanes of at least 4 members (excludes halogenated alkanes) is 28. The summed E-state index contributed by atoms with van der Waals surface area (Å²) < 4.78 is 33.6. The van der Waals surface area contributed by atoms with Crippen molar-refractivity contribution in [2.75, 3.05) is 33.0 Å². The molecule has 0 saturated carbocycles. The topological polar surface area (TPSA) is 117 Å². The molecule has 0 saturated heterocycles. The van der Waals surface area contributed by atoms with E-state index in [1.807, 2.05) is 0 Å². The van der Waals surface area contributed by atoms with Gasteiger partial charge >= 0.3 is 13.8 Å². The number of ether oxygens (including phenoxy) is 2. The van der Waals surface area contributed by atoms with Crippen molar-refractivity contribution in [1.82, 2.24) is 0 Å². The molecule has 0 aromatic heterocycles. The fourth-order valence-electron chi connectivity index (χ4n) is 6.91. The van der Waals surface area contributed by atoms with Crippen LogP contribution >= 0.6 is 7.82 Å². The molecule has 0 aromatic rings. The lowest BCUT2D eigenvalue weighted by molar-refractivity contribution is -0.154. The zero-order valence-corrected chi connectivity index (χ0v) is 38.9. The van der Waals surface area contributed by atoms with Gasteiger partial charge in [0.2, 0.25) is 0 Å². The van der Waals surface area contributed by atoms with Crippen LogP contribution in [0, 0.1) is 0 Å². The molecule has 0 rings (SSSR count). The molecule has 0 aliphatic heterocycles. The predicted octanol–water partition coefficient (Wildman–Crippen LogP) is 15.0. The molecule has 58 heavy (non-hydrogen) atoms. The van der Waals surface area contributed by atoms with Gasteiger partial charge in [-0.05, 0) is 70.6 Å². The SMILES string of the molecule is CCCCC/C=C\C/C=C\CCCCCCCCCCCCOCC(COP(=O)(O)OCCN)OC(=O)CCCCCCCCCCC/C=C\CCCCCCCC. The minimum absolute atomic E-state index is 0.0959. The number of carbonyl (C=O) groups excluding carboxylic acids is 1. The summed E-state index contributed by atoms with van der Waals surface area (Å²) >= 11 is 0. The molecular weight excluding hydrogens is 746 g/mol. The van der Waals surface area contributed by atoms with Crippen molar-refractivity contribution in [3.8, 4) is 0 Å². The summed E-state index contributed by atoms with van der Waals surface area (Å²) in [4.78, 5) is 22.6. The van der Waals surface area contributed by atoms with Crippen LogP contribution in [0.3, 0.4) is 0 Å². The summed E-state index contributed by atoms with van der Waals surface area (Å²) in [6.07, 6.45) is 54.5. The number of nitrogens with two attached hydrogens (primary N) is 1. The molecule has 0 amide bonds. The van der Waals surface area contributed by atoms with Crippen LogP contribution in [0.25, 0.3) is 0 Å². The number of esters is 1. The van der Waals surface area contributed by atoms with Gasteiger partial charge in [0.05, 0.1) is 19.8 Å². The molecule has 9 heteroatoms. The highest BCUT2D eigenvalue weighted by Gasteiger charge is 2.25. The molecule has 3 N–H and O–H groups in total. The van der Waals surface area contributed by atoms with Crippen LogP contribution in [-0.4, -0.2) is 49.9 Å². The molecule has 0 radical (unpaired) electrons. The van der Waals surface area contributed by atoms with E-state index in [0.717, 1.165) is 38.5 Å². The maximum atomic E-state index is 12.6. The third kappa shape index (κ3) is 45.8. The van der Waals surface area contributed by atoms with E-state index in [2.05, 4.69) is 50.3 Å². The molecular formula is C49H94NO7P. The van der Waals surface area contributed by atoms with Crippen LogP contribution in [0.5, 0.6) is 0 Å². The third-order valence-corrected chi connectivity index (χ3v) is 11.5. The van der Waals surface area contributed by atoms with Crippen LogP contribution in [-0.2, 0) is 27.9 Å². The highest BCUT2D eigenvalue weighted by atomic mass is 31.2. The molecule has 2 atom stereocenters. The van der Waals surface area contributed by atoms with Crippen molar-refractivity contribution in [2.24, 2.45) is 5.73 Å². The van der Waals surface area contributed by atoms with Crippen molar-refractivity contribution in [1.29, 1.82) is 0 Å². The minimum atomic E-state index is -4.28. The van der Waals surface area contributed by atoms with Crippen LogP contribution in [0.2, 0.25) is 0 Å². The number of hydrogen-bond acceptors (Lipinski definition) is 7. The number of phosphoric acid groups is 1. The van der Waals surface area contributed by atoms with E-state index in [1.165, 1.54) is 173 Å². The van der Waals surface area contributed by atoms with Gasteiger partial charge in [0.25, 0.3) is 0 Å². The lowest BCUT2D eigenvalue weighted by Crippen LogP contribution is -2.28. The Hall–Kier alpha value is -1.28. The van der Waals surface area contributed by atoms with E-state index < -0.39 is 13.9 Å². The Kier molecular flexibility index (Phi) is 45.7. The maximum absolute atomic E-state index is 12.6. The number of phosphoric ester groups is 1. The van der Waals surface area contributed by atoms with E-state index in [-0.39, 0.29) is 32.3 Å². The van der Waals surface area contributed by atoms with Crippen molar-refractivity contribution in [3.05, 3.63) is 36.5 Å². The van der Waals surface area contributed by atoms with Crippen LogP contribution in [0.15, 0.2) is 36.5 Å². The molecule has 0 fully saturated rings. The van der Waals surface area contributed by atoms with Gasteiger partial charge < -0.3 is 20.1 Å². The number of rotatable bonds is 47. The first kappa shape index (κ1) is 56.7. The minimum Gasteiger partial charge on any atom is -0.457 e. The van der Waals surface area contributed by atoms with Crippen LogP contribution in [0.4, 0.5) is 0 Å². The second-order valence-electron chi connectivity index (χ2n) is 16.3. The van der Waals surface area contributed by atoms with E-state index in [9.17, 15) is 14.3 Å². The standard InChI is InChI=1S/C49H94NO7P/c1-3-5-7-9-11-13-15-17-19-21-23-25-27-29-31-33-35-37-39-41-44-54-46-48(47-56-58(52,53)55-45-43-50)57-49(51)42-40-38-36-34-32-30-28-26-24-22-20-18-16-14-12-10-8-6-4-2/h11,13,17-20,48H,3-10,12,14-16,21-47,50H2,1-2H3,(H,52,53)/b13-11-,19-17-,20-18-. The quantitative estimate of drug-likeness (QED) is 0.0269. The van der Waals surface area contributed by atoms with E-state index in [0.29, 0.717) is 13.0 Å². The molecule has 342 valence electrons. The summed E-state index contributed by atoms with van der Waals surface area (Å²) in [6.45, 7) is 4.92. The Balaban J connectivity index is 3.96. The largest absolute Gasteiger partial charge is 0.472 e. The first-order chi connectivity index (χ1) is 28.4. The summed E-state index contributed by atoms with van der Waals surface area (Å²) in [5.41, 5.74) is 5.38. The Labute approximate surface area is 358 Å². The molecule has 2 unspecified atom stereocenters. The van der Waals surface area contributed by atoms with Crippen LogP contribution in [0.1, 0.15) is 232 Å². The van der Waals surface area contributed by atoms with Gasteiger partial charge in [-0.3, -0.25) is 13.8 Å². The predicted molar refractivity (Wildman–Crippen MR) is 247 cm³/mol. The van der Waals surface area contributed by atoms with Gasteiger partial charge in [0.15, 0.2) is 0 Å². The lowest BCUT2D eigenvalue weighted by atomic mass is 10.1. The Bertz CT molecular complexity index is 988. The molecule has 0 heterocycles. The van der Waals surface area contributed by atoms with Crippen molar-refractivity contribution < 1.29 is 32.8 Å². The second-order valence-corrected chi connectivity index (χ2v) is 17.8. The monoisotopic (exact) mass is 840 g/mol. The summed E-state index contributed by atoms with van der Waals surface area (Å²) in [7, 11) is -4.28. The Morgan fingerprint density at radius 3 is 1.40 bits per heavy atom. The Morgan fingerprint density at radius 1 is 0.517 bits per heavy atom. The second kappa shape index (κ2) is 46.8. The van der Waals surface area contributed by atoms with Crippen molar-refractivity contribution in [3.63, 3.8) is 0 Å². The molecule has 0 bridgehead atoms. The van der Waals surface area contributed by atoms with Gasteiger partial charge in [-0.25, -0.2) is 4.57 Å². The third-order valence-electron chi connectivity index (χ3n) is 10.5. The smallest absolute Gasteiger partial charge is 0.457 e. The van der Waals surface area contributed by atoms with E-state index >= 15 is 0 Å². The number of allylic oxidation sites excluding steroid dienone is 6. The average Bonchev–Trinajstić information content (AvgIpc) is 3.21. The first-order valence-electron chi connectivity index (χ1n) is 24.5. The van der Waals surface area contributed by atoms with Crippen molar-refractivity contribution >= 4 is 13.8 Å². The van der Waals surface area contributed by atoms with Gasteiger partial charge in [0.1, 0.15) is 6.10 Å². The molecule has 0 spiro atoms. The van der Waals surface area contributed by atoms with Crippen molar-refractivity contribution in [2.45, 2.75) is 238 Å². The normalized spacial score (nSPS) is 13.7. The zero-order chi connectivity index (χ0) is 42.3. The number of carbonyl (C=O) groups is 1. The molecule has 0 aromatic carbocycles. The number of hydrogen-bond donors (Lipinski definition) is 2. The highest BCUT2D eigenvalue weighted by Crippen LogP contribution is 2.43. The molecule has 0 aliphatic carbocycles. The fourth-order valence-corrected chi connectivity index (χ4v) is 7.67. The zero-order valence-electron chi connectivity index (χ0n) is 38.0. The lowest BCUT2D eigenvalue weighted by Gasteiger charge is -2.20.